The van der Waals surface area contributed by atoms with Gasteiger partial charge < -0.3 is 9.64 Å². The predicted molar refractivity (Wildman–Crippen MR) is 96.3 cm³/mol. The monoisotopic (exact) mass is 329 g/mol. The van der Waals surface area contributed by atoms with Gasteiger partial charge in [0, 0.05) is 18.7 Å². The molecule has 5 heteroatoms. The summed E-state index contributed by atoms with van der Waals surface area (Å²) in [5.41, 5.74) is 2.28. The van der Waals surface area contributed by atoms with Crippen LogP contribution in [-0.4, -0.2) is 41.2 Å². The summed E-state index contributed by atoms with van der Waals surface area (Å²) in [4.78, 5) is 14.7. The number of ether oxygens (including phenoxy) is 1. The van der Waals surface area contributed by atoms with Gasteiger partial charge in [0.25, 0.3) is 5.91 Å². The lowest BCUT2D eigenvalue weighted by Gasteiger charge is -2.21. The fourth-order valence-electron chi connectivity index (χ4n) is 2.52. The van der Waals surface area contributed by atoms with Crippen molar-refractivity contribution in [1.82, 2.24) is 15.1 Å². The maximum atomic E-state index is 12.7. The van der Waals surface area contributed by atoms with Crippen LogP contribution in [0.2, 0.25) is 0 Å². The Hall–Kier alpha value is -2.30. The first-order chi connectivity index (χ1) is 11.7. The molecule has 1 heterocycles. The average Bonchev–Trinajstić information content (AvgIpc) is 3.11. The fraction of sp³-hybridized carbons (Fsp3) is 0.474. The molecule has 0 bridgehead atoms. The Morgan fingerprint density at radius 2 is 1.75 bits per heavy atom. The molecule has 1 N–H and O–H groups in total. The Bertz CT molecular complexity index is 626. The van der Waals surface area contributed by atoms with Crippen LogP contribution < -0.4 is 4.74 Å². The number of benzene rings is 1. The summed E-state index contributed by atoms with van der Waals surface area (Å²) in [5.74, 6) is 0.833. The van der Waals surface area contributed by atoms with Gasteiger partial charge in [-0.05, 0) is 43.2 Å². The van der Waals surface area contributed by atoms with Crippen molar-refractivity contribution in [3.8, 4) is 17.0 Å². The van der Waals surface area contributed by atoms with Gasteiger partial charge in [-0.2, -0.15) is 5.10 Å². The van der Waals surface area contributed by atoms with Crippen molar-refractivity contribution in [2.75, 3.05) is 20.2 Å². The summed E-state index contributed by atoms with van der Waals surface area (Å²) in [6.45, 7) is 5.87. The highest BCUT2D eigenvalue weighted by Crippen LogP contribution is 2.21. The van der Waals surface area contributed by atoms with Crippen molar-refractivity contribution in [3.63, 3.8) is 0 Å². The fourth-order valence-corrected chi connectivity index (χ4v) is 2.52. The topological polar surface area (TPSA) is 58.2 Å². The van der Waals surface area contributed by atoms with E-state index in [1.807, 2.05) is 35.2 Å². The second-order valence-electron chi connectivity index (χ2n) is 5.89. The third kappa shape index (κ3) is 4.60. The summed E-state index contributed by atoms with van der Waals surface area (Å²) in [6.07, 6.45) is 4.20. The Morgan fingerprint density at radius 1 is 1.12 bits per heavy atom. The van der Waals surface area contributed by atoms with Crippen molar-refractivity contribution < 1.29 is 9.53 Å². The Balaban J connectivity index is 2.12. The molecule has 0 unspecified atom stereocenters. The molecule has 1 aromatic heterocycles. The molecule has 2 rings (SSSR count). The largest absolute Gasteiger partial charge is 0.497 e. The lowest BCUT2D eigenvalue weighted by molar-refractivity contribution is 0.0745. The number of carbonyl (C=O) groups is 1. The third-order valence-electron chi connectivity index (χ3n) is 4.04. The second kappa shape index (κ2) is 9.11. The maximum absolute atomic E-state index is 12.7. The number of hydrogen-bond acceptors (Lipinski definition) is 3. The SMILES string of the molecule is CCCCN(CCCC)C(=O)c1cc(-c2ccc(OC)cc2)n[nH]1. The minimum atomic E-state index is 0.0316. The van der Waals surface area contributed by atoms with Crippen molar-refractivity contribution in [3.05, 3.63) is 36.0 Å². The summed E-state index contributed by atoms with van der Waals surface area (Å²) in [7, 11) is 1.64. The molecule has 1 amide bonds. The molecule has 5 nitrogen and oxygen atoms in total. The van der Waals surface area contributed by atoms with E-state index in [2.05, 4.69) is 24.0 Å². The molecule has 0 aliphatic heterocycles. The van der Waals surface area contributed by atoms with Gasteiger partial charge in [-0.15, -0.1) is 0 Å². The van der Waals surface area contributed by atoms with Crippen LogP contribution in [0.25, 0.3) is 11.3 Å². The van der Waals surface area contributed by atoms with Gasteiger partial charge in [0.1, 0.15) is 11.4 Å². The molecular formula is C19H27N3O2. The quantitative estimate of drug-likeness (QED) is 0.752. The summed E-state index contributed by atoms with van der Waals surface area (Å²) < 4.78 is 5.17. The van der Waals surface area contributed by atoms with Gasteiger partial charge in [-0.1, -0.05) is 26.7 Å². The Labute approximate surface area is 144 Å². The molecule has 0 radical (unpaired) electrons. The van der Waals surface area contributed by atoms with E-state index in [1.54, 1.807) is 7.11 Å². The van der Waals surface area contributed by atoms with Gasteiger partial charge in [0.05, 0.1) is 12.8 Å². The summed E-state index contributed by atoms with van der Waals surface area (Å²) in [5, 5.41) is 7.19. The highest BCUT2D eigenvalue weighted by atomic mass is 16.5. The van der Waals surface area contributed by atoms with Crippen molar-refractivity contribution in [2.45, 2.75) is 39.5 Å². The Kier molecular flexibility index (Phi) is 6.85. The number of hydrogen-bond donors (Lipinski definition) is 1. The van der Waals surface area contributed by atoms with E-state index in [-0.39, 0.29) is 5.91 Å². The second-order valence-corrected chi connectivity index (χ2v) is 5.89. The van der Waals surface area contributed by atoms with Crippen LogP contribution in [0.4, 0.5) is 0 Å². The molecule has 2 aromatic rings. The van der Waals surface area contributed by atoms with E-state index in [0.717, 1.165) is 55.8 Å². The van der Waals surface area contributed by atoms with Crippen molar-refractivity contribution in [1.29, 1.82) is 0 Å². The first kappa shape index (κ1) is 18.0. The van der Waals surface area contributed by atoms with Crippen molar-refractivity contribution >= 4 is 5.91 Å². The van der Waals surface area contributed by atoms with E-state index in [9.17, 15) is 4.79 Å². The summed E-state index contributed by atoms with van der Waals surface area (Å²) in [6, 6.07) is 9.49. The summed E-state index contributed by atoms with van der Waals surface area (Å²) >= 11 is 0. The van der Waals surface area contributed by atoms with Crippen LogP contribution in [0.5, 0.6) is 5.75 Å². The zero-order valence-electron chi connectivity index (χ0n) is 14.8. The molecule has 0 saturated carbocycles. The van der Waals surface area contributed by atoms with E-state index >= 15 is 0 Å². The van der Waals surface area contributed by atoms with E-state index in [1.165, 1.54) is 0 Å². The van der Waals surface area contributed by atoms with Crippen LogP contribution in [0.1, 0.15) is 50.0 Å². The lowest BCUT2D eigenvalue weighted by atomic mass is 10.1. The van der Waals surface area contributed by atoms with Crippen LogP contribution >= 0.6 is 0 Å². The Morgan fingerprint density at radius 3 is 2.29 bits per heavy atom. The zero-order valence-corrected chi connectivity index (χ0v) is 14.8. The molecular weight excluding hydrogens is 302 g/mol. The molecule has 0 aliphatic carbocycles. The standard InChI is InChI=1S/C19H27N3O2/c1-4-6-12-22(13-7-5-2)19(23)18-14-17(20-21-18)15-8-10-16(24-3)11-9-15/h8-11,14H,4-7,12-13H2,1-3H3,(H,20,21). The van der Waals surface area contributed by atoms with Gasteiger partial charge >= 0.3 is 0 Å². The number of H-pyrrole nitrogens is 1. The van der Waals surface area contributed by atoms with Crippen LogP contribution in [0, 0.1) is 0 Å². The normalized spacial score (nSPS) is 10.6. The smallest absolute Gasteiger partial charge is 0.271 e. The molecule has 0 fully saturated rings. The van der Waals surface area contributed by atoms with Gasteiger partial charge in [-0.3, -0.25) is 9.89 Å². The predicted octanol–water partition coefficient (Wildman–Crippen LogP) is 4.13. The van der Waals surface area contributed by atoms with Crippen LogP contribution in [0.3, 0.4) is 0 Å². The van der Waals surface area contributed by atoms with Gasteiger partial charge in [0.2, 0.25) is 0 Å². The highest BCUT2D eigenvalue weighted by molar-refractivity contribution is 5.93. The van der Waals surface area contributed by atoms with Gasteiger partial charge in [-0.25, -0.2) is 0 Å². The number of methoxy groups -OCH3 is 1. The minimum Gasteiger partial charge on any atom is -0.497 e. The lowest BCUT2D eigenvalue weighted by Crippen LogP contribution is -2.33. The number of rotatable bonds is 9. The molecule has 0 aliphatic rings. The number of unbranched alkanes of at least 4 members (excludes halogenated alkanes) is 2. The van der Waals surface area contributed by atoms with Crippen molar-refractivity contribution in [2.24, 2.45) is 0 Å². The zero-order chi connectivity index (χ0) is 17.4. The first-order valence-corrected chi connectivity index (χ1v) is 8.68. The molecule has 0 atom stereocenters. The van der Waals surface area contributed by atoms with E-state index < -0.39 is 0 Å². The van der Waals surface area contributed by atoms with Gasteiger partial charge in [0.15, 0.2) is 0 Å². The number of nitrogens with zero attached hydrogens (tertiary/aromatic N) is 2. The van der Waals surface area contributed by atoms with Crippen LogP contribution in [0.15, 0.2) is 30.3 Å². The average molecular weight is 329 g/mol. The minimum absolute atomic E-state index is 0.0316. The first-order valence-electron chi connectivity index (χ1n) is 8.68. The van der Waals surface area contributed by atoms with E-state index in [0.29, 0.717) is 5.69 Å². The molecule has 0 saturated heterocycles. The van der Waals surface area contributed by atoms with E-state index in [4.69, 9.17) is 4.74 Å². The molecule has 130 valence electrons. The number of aromatic amines is 1. The molecule has 0 spiro atoms. The number of nitrogens with one attached hydrogen (secondary N) is 1. The number of aromatic nitrogens is 2. The number of amides is 1. The molecule has 24 heavy (non-hydrogen) atoms. The number of carbonyl (C=O) groups excluding carboxylic acids is 1. The van der Waals surface area contributed by atoms with Crippen LogP contribution in [-0.2, 0) is 0 Å². The third-order valence-corrected chi connectivity index (χ3v) is 4.04. The maximum Gasteiger partial charge on any atom is 0.271 e. The molecule has 1 aromatic carbocycles. The highest BCUT2D eigenvalue weighted by Gasteiger charge is 2.17.